The molecule has 5 nitrogen and oxygen atoms in total. The maximum Gasteiger partial charge on any atom is 0.320 e. The Bertz CT molecular complexity index is 489. The van der Waals surface area contributed by atoms with Gasteiger partial charge in [-0.3, -0.25) is 4.79 Å². The first-order valence-electron chi connectivity index (χ1n) is 7.00. The molecule has 0 saturated carbocycles. The molecule has 116 valence electrons. The number of carboxylic acids is 1. The van der Waals surface area contributed by atoms with Crippen molar-refractivity contribution in [3.8, 4) is 11.5 Å². The molecule has 1 fully saturated rings. The van der Waals surface area contributed by atoms with Crippen molar-refractivity contribution in [3.63, 3.8) is 0 Å². The average Bonchev–Trinajstić information content (AvgIpc) is 2.49. The fraction of sp³-hybridized carbons (Fsp3) is 0.533. The molecule has 1 aliphatic heterocycles. The second kappa shape index (κ2) is 7.56. The molecule has 0 bridgehead atoms. The molecule has 1 saturated heterocycles. The standard InChI is InChI=1S/C15H21NO4S/c1-19-14-9-10(8-12(16)15(17)18)2-3-13(14)20-11-4-6-21-7-5-11/h2-3,9,11-12H,4-8,16H2,1H3,(H,17,18). The van der Waals surface area contributed by atoms with E-state index in [0.29, 0.717) is 11.5 Å². The van der Waals surface area contributed by atoms with Crippen LogP contribution < -0.4 is 15.2 Å². The highest BCUT2D eigenvalue weighted by Crippen LogP contribution is 2.31. The van der Waals surface area contributed by atoms with Crippen LogP contribution in [0.5, 0.6) is 11.5 Å². The maximum atomic E-state index is 10.8. The number of hydrogen-bond donors (Lipinski definition) is 2. The molecule has 0 radical (unpaired) electrons. The lowest BCUT2D eigenvalue weighted by Crippen LogP contribution is -2.32. The van der Waals surface area contributed by atoms with Crippen LogP contribution in [0, 0.1) is 0 Å². The Hall–Kier alpha value is -1.40. The molecule has 3 N–H and O–H groups in total. The van der Waals surface area contributed by atoms with Gasteiger partial charge in [0.25, 0.3) is 0 Å². The summed E-state index contributed by atoms with van der Waals surface area (Å²) >= 11 is 1.95. The molecular formula is C15H21NO4S. The van der Waals surface area contributed by atoms with Crippen molar-refractivity contribution in [2.75, 3.05) is 18.6 Å². The van der Waals surface area contributed by atoms with Crippen molar-refractivity contribution in [1.29, 1.82) is 0 Å². The van der Waals surface area contributed by atoms with Crippen LogP contribution in [-0.2, 0) is 11.2 Å². The second-order valence-electron chi connectivity index (χ2n) is 5.06. The third-order valence-electron chi connectivity index (χ3n) is 3.46. The summed E-state index contributed by atoms with van der Waals surface area (Å²) < 4.78 is 11.3. The van der Waals surface area contributed by atoms with Crippen LogP contribution in [0.25, 0.3) is 0 Å². The predicted octanol–water partition coefficient (Wildman–Crippen LogP) is 1.92. The summed E-state index contributed by atoms with van der Waals surface area (Å²) in [6.45, 7) is 0. The lowest BCUT2D eigenvalue weighted by atomic mass is 10.1. The van der Waals surface area contributed by atoms with Gasteiger partial charge in [0, 0.05) is 0 Å². The minimum atomic E-state index is -1.01. The van der Waals surface area contributed by atoms with Gasteiger partial charge in [0.1, 0.15) is 12.1 Å². The first kappa shape index (κ1) is 16.0. The molecule has 1 aromatic rings. The fourth-order valence-corrected chi connectivity index (χ4v) is 3.31. The molecule has 0 amide bonds. The van der Waals surface area contributed by atoms with Gasteiger partial charge in [-0.2, -0.15) is 11.8 Å². The zero-order valence-electron chi connectivity index (χ0n) is 12.1. The van der Waals surface area contributed by atoms with Crippen LogP contribution >= 0.6 is 11.8 Å². The van der Waals surface area contributed by atoms with E-state index >= 15 is 0 Å². The first-order chi connectivity index (χ1) is 10.1. The van der Waals surface area contributed by atoms with Gasteiger partial charge in [-0.25, -0.2) is 0 Å². The minimum absolute atomic E-state index is 0.229. The van der Waals surface area contributed by atoms with Gasteiger partial charge in [0.15, 0.2) is 11.5 Å². The molecule has 1 atom stereocenters. The van der Waals surface area contributed by atoms with Gasteiger partial charge in [-0.1, -0.05) is 6.07 Å². The highest BCUT2D eigenvalue weighted by atomic mass is 32.2. The summed E-state index contributed by atoms with van der Waals surface area (Å²) in [5.74, 6) is 2.58. The number of carbonyl (C=O) groups is 1. The summed E-state index contributed by atoms with van der Waals surface area (Å²) in [6, 6.07) is 4.58. The molecule has 6 heteroatoms. The number of ether oxygens (including phenoxy) is 2. The van der Waals surface area contributed by atoms with Crippen LogP contribution in [0.3, 0.4) is 0 Å². The molecule has 0 spiro atoms. The van der Waals surface area contributed by atoms with E-state index in [1.165, 1.54) is 0 Å². The molecule has 21 heavy (non-hydrogen) atoms. The van der Waals surface area contributed by atoms with E-state index in [-0.39, 0.29) is 12.5 Å². The average molecular weight is 311 g/mol. The monoisotopic (exact) mass is 311 g/mol. The van der Waals surface area contributed by atoms with Crippen molar-refractivity contribution in [2.24, 2.45) is 5.73 Å². The maximum absolute atomic E-state index is 10.8. The van der Waals surface area contributed by atoms with Crippen LogP contribution in [0.15, 0.2) is 18.2 Å². The molecule has 2 rings (SSSR count). The third-order valence-corrected chi connectivity index (χ3v) is 4.51. The SMILES string of the molecule is COc1cc(CC(N)C(=O)O)ccc1OC1CCSCC1. The van der Waals surface area contributed by atoms with Crippen molar-refractivity contribution >= 4 is 17.7 Å². The normalized spacial score (nSPS) is 17.2. The highest BCUT2D eigenvalue weighted by molar-refractivity contribution is 7.99. The van der Waals surface area contributed by atoms with E-state index in [1.54, 1.807) is 13.2 Å². The van der Waals surface area contributed by atoms with E-state index in [1.807, 2.05) is 23.9 Å². The summed E-state index contributed by atoms with van der Waals surface area (Å²) in [4.78, 5) is 10.8. The number of carboxylic acid groups (broad SMARTS) is 1. The smallest absolute Gasteiger partial charge is 0.320 e. The number of thioether (sulfide) groups is 1. The highest BCUT2D eigenvalue weighted by Gasteiger charge is 2.18. The topological polar surface area (TPSA) is 81.8 Å². The van der Waals surface area contributed by atoms with E-state index < -0.39 is 12.0 Å². The zero-order chi connectivity index (χ0) is 15.2. The summed E-state index contributed by atoms with van der Waals surface area (Å²) in [7, 11) is 1.58. The minimum Gasteiger partial charge on any atom is -0.493 e. The van der Waals surface area contributed by atoms with Crippen LogP contribution in [0.2, 0.25) is 0 Å². The Morgan fingerprint density at radius 1 is 1.43 bits per heavy atom. The predicted molar refractivity (Wildman–Crippen MR) is 83.3 cm³/mol. The quantitative estimate of drug-likeness (QED) is 0.835. The Kier molecular flexibility index (Phi) is 5.76. The Labute approximate surface area is 128 Å². The lowest BCUT2D eigenvalue weighted by molar-refractivity contribution is -0.138. The Morgan fingerprint density at radius 2 is 2.14 bits per heavy atom. The largest absolute Gasteiger partial charge is 0.493 e. The number of rotatable bonds is 6. The fourth-order valence-electron chi connectivity index (χ4n) is 2.25. The third kappa shape index (κ3) is 4.54. The van der Waals surface area contributed by atoms with Gasteiger partial charge < -0.3 is 20.3 Å². The van der Waals surface area contributed by atoms with Crippen molar-refractivity contribution in [2.45, 2.75) is 31.4 Å². The molecule has 1 aromatic carbocycles. The van der Waals surface area contributed by atoms with Crippen molar-refractivity contribution in [3.05, 3.63) is 23.8 Å². The van der Waals surface area contributed by atoms with E-state index in [9.17, 15) is 4.79 Å². The van der Waals surface area contributed by atoms with Gasteiger partial charge >= 0.3 is 5.97 Å². The van der Waals surface area contributed by atoms with Crippen molar-refractivity contribution in [1.82, 2.24) is 0 Å². The van der Waals surface area contributed by atoms with Crippen molar-refractivity contribution < 1.29 is 19.4 Å². The summed E-state index contributed by atoms with van der Waals surface area (Å²) in [6.07, 6.45) is 2.58. The zero-order valence-corrected chi connectivity index (χ0v) is 12.9. The van der Waals surface area contributed by atoms with Gasteiger partial charge in [-0.15, -0.1) is 0 Å². The number of hydrogen-bond acceptors (Lipinski definition) is 5. The van der Waals surface area contributed by atoms with Crippen LogP contribution in [0.4, 0.5) is 0 Å². The second-order valence-corrected chi connectivity index (χ2v) is 6.29. The molecule has 0 aromatic heterocycles. The van der Waals surface area contributed by atoms with Crippen LogP contribution in [-0.4, -0.2) is 41.8 Å². The van der Waals surface area contributed by atoms with E-state index in [4.69, 9.17) is 20.3 Å². The number of aliphatic carboxylic acids is 1. The van der Waals surface area contributed by atoms with Gasteiger partial charge in [0.2, 0.25) is 0 Å². The van der Waals surface area contributed by atoms with Crippen LogP contribution in [0.1, 0.15) is 18.4 Å². The van der Waals surface area contributed by atoms with Gasteiger partial charge in [0.05, 0.1) is 7.11 Å². The van der Waals surface area contributed by atoms with E-state index in [0.717, 1.165) is 29.9 Å². The molecule has 1 heterocycles. The number of nitrogens with two attached hydrogens (primary N) is 1. The summed E-state index contributed by atoms with van der Waals surface area (Å²) in [5, 5.41) is 8.86. The molecule has 1 unspecified atom stereocenters. The molecule has 1 aliphatic rings. The molecule has 0 aliphatic carbocycles. The number of methoxy groups -OCH3 is 1. The Balaban J connectivity index is 2.06. The Morgan fingerprint density at radius 3 is 2.76 bits per heavy atom. The summed E-state index contributed by atoms with van der Waals surface area (Å²) in [5.41, 5.74) is 6.38. The lowest BCUT2D eigenvalue weighted by Gasteiger charge is -2.24. The molecular weight excluding hydrogens is 290 g/mol. The van der Waals surface area contributed by atoms with E-state index in [2.05, 4.69) is 0 Å². The van der Waals surface area contributed by atoms with Gasteiger partial charge in [-0.05, 0) is 48.5 Å². The number of benzene rings is 1. The first-order valence-corrected chi connectivity index (χ1v) is 8.15.